The summed E-state index contributed by atoms with van der Waals surface area (Å²) in [6.45, 7) is 0. The molecule has 4 N–H and O–H groups in total. The van der Waals surface area contributed by atoms with E-state index >= 15 is 0 Å². The van der Waals surface area contributed by atoms with Crippen LogP contribution in [0.15, 0.2) is 48.5 Å². The van der Waals surface area contributed by atoms with Crippen LogP contribution in [-0.2, 0) is 0 Å². The number of amides is 1. The maximum absolute atomic E-state index is 11.9. The van der Waals surface area contributed by atoms with E-state index in [1.54, 1.807) is 24.3 Å². The number of hydrogen-bond donors (Lipinski definition) is 3. The number of carboxylic acid groups (broad SMARTS) is 1. The van der Waals surface area contributed by atoms with Gasteiger partial charge in [-0.3, -0.25) is 4.79 Å². The molecule has 0 aromatic heterocycles. The van der Waals surface area contributed by atoms with Gasteiger partial charge in [-0.15, -0.1) is 0 Å². The Morgan fingerprint density at radius 3 is 2.32 bits per heavy atom. The monoisotopic (exact) mass is 256 g/mol. The fourth-order valence-electron chi connectivity index (χ4n) is 1.62. The second-order valence-corrected chi connectivity index (χ2v) is 3.93. The van der Waals surface area contributed by atoms with Gasteiger partial charge in [-0.2, -0.15) is 0 Å². The van der Waals surface area contributed by atoms with Crippen LogP contribution in [0.2, 0.25) is 0 Å². The van der Waals surface area contributed by atoms with Crippen molar-refractivity contribution in [3.8, 4) is 0 Å². The van der Waals surface area contributed by atoms with Gasteiger partial charge in [0.1, 0.15) is 0 Å². The Morgan fingerprint density at radius 2 is 1.74 bits per heavy atom. The molecule has 0 saturated heterocycles. The van der Waals surface area contributed by atoms with Gasteiger partial charge in [-0.1, -0.05) is 18.2 Å². The van der Waals surface area contributed by atoms with E-state index in [1.165, 1.54) is 18.2 Å². The van der Waals surface area contributed by atoms with Gasteiger partial charge >= 0.3 is 5.97 Å². The summed E-state index contributed by atoms with van der Waals surface area (Å²) in [4.78, 5) is 22.7. The molecule has 0 unspecified atom stereocenters. The fourth-order valence-corrected chi connectivity index (χ4v) is 1.62. The molecule has 1 amide bonds. The normalized spacial score (nSPS) is 9.89. The summed E-state index contributed by atoms with van der Waals surface area (Å²) in [5.41, 5.74) is 6.61. The molecule has 0 aliphatic heterocycles. The average Bonchev–Trinajstić information content (AvgIpc) is 2.39. The van der Waals surface area contributed by atoms with Gasteiger partial charge in [0.05, 0.1) is 5.56 Å². The zero-order chi connectivity index (χ0) is 13.8. The third kappa shape index (κ3) is 2.90. The topological polar surface area (TPSA) is 92.4 Å². The smallest absolute Gasteiger partial charge is 0.337 e. The van der Waals surface area contributed by atoms with Crippen molar-refractivity contribution in [3.63, 3.8) is 0 Å². The number of rotatable bonds is 3. The molecule has 0 fully saturated rings. The number of nitrogens with two attached hydrogens (primary N) is 1. The fraction of sp³-hybridized carbons (Fsp3) is 0. The second-order valence-electron chi connectivity index (χ2n) is 3.93. The van der Waals surface area contributed by atoms with Crippen molar-refractivity contribution >= 4 is 23.3 Å². The molecule has 2 rings (SSSR count). The van der Waals surface area contributed by atoms with Crippen molar-refractivity contribution in [2.75, 3.05) is 11.1 Å². The molecule has 2 aromatic carbocycles. The standard InChI is InChI=1S/C14H12N2O3/c15-12-8-9(6-7-11(12)14(18)19)13(17)16-10-4-2-1-3-5-10/h1-8H,15H2,(H,16,17)(H,18,19). The van der Waals surface area contributed by atoms with Crippen LogP contribution >= 0.6 is 0 Å². The lowest BCUT2D eigenvalue weighted by Gasteiger charge is -2.07. The minimum atomic E-state index is -1.12. The predicted molar refractivity (Wildman–Crippen MR) is 72.2 cm³/mol. The number of carbonyl (C=O) groups is 2. The summed E-state index contributed by atoms with van der Waals surface area (Å²) in [6, 6.07) is 13.1. The number of nitrogen functional groups attached to an aromatic ring is 1. The van der Waals surface area contributed by atoms with E-state index in [2.05, 4.69) is 5.32 Å². The first-order valence-corrected chi connectivity index (χ1v) is 5.57. The molecule has 0 saturated carbocycles. The third-order valence-corrected chi connectivity index (χ3v) is 2.58. The van der Waals surface area contributed by atoms with E-state index in [0.29, 0.717) is 11.3 Å². The van der Waals surface area contributed by atoms with E-state index < -0.39 is 5.97 Å². The zero-order valence-corrected chi connectivity index (χ0v) is 9.96. The molecule has 0 radical (unpaired) electrons. The van der Waals surface area contributed by atoms with Gasteiger partial charge in [0.25, 0.3) is 5.91 Å². The van der Waals surface area contributed by atoms with E-state index in [4.69, 9.17) is 10.8 Å². The number of carbonyl (C=O) groups excluding carboxylic acids is 1. The van der Waals surface area contributed by atoms with Crippen LogP contribution in [-0.4, -0.2) is 17.0 Å². The molecule has 0 spiro atoms. The molecule has 5 nitrogen and oxygen atoms in total. The van der Waals surface area contributed by atoms with Gasteiger partial charge in [0.2, 0.25) is 0 Å². The summed E-state index contributed by atoms with van der Waals surface area (Å²) in [5, 5.41) is 11.5. The summed E-state index contributed by atoms with van der Waals surface area (Å²) >= 11 is 0. The zero-order valence-electron chi connectivity index (χ0n) is 9.96. The SMILES string of the molecule is Nc1cc(C(=O)Nc2ccccc2)ccc1C(=O)O. The van der Waals surface area contributed by atoms with E-state index in [0.717, 1.165) is 0 Å². The van der Waals surface area contributed by atoms with Gasteiger partial charge in [0, 0.05) is 16.9 Å². The van der Waals surface area contributed by atoms with Crippen LogP contribution in [0.4, 0.5) is 11.4 Å². The Morgan fingerprint density at radius 1 is 1.05 bits per heavy atom. The van der Waals surface area contributed by atoms with Crippen LogP contribution in [0.5, 0.6) is 0 Å². The molecular weight excluding hydrogens is 244 g/mol. The first-order valence-electron chi connectivity index (χ1n) is 5.57. The molecule has 0 aliphatic rings. The maximum Gasteiger partial charge on any atom is 0.337 e. The van der Waals surface area contributed by atoms with Crippen LogP contribution in [0.3, 0.4) is 0 Å². The van der Waals surface area contributed by atoms with Crippen LogP contribution < -0.4 is 11.1 Å². The number of para-hydroxylation sites is 1. The predicted octanol–water partition coefficient (Wildman–Crippen LogP) is 2.22. The van der Waals surface area contributed by atoms with Crippen LogP contribution in [0.1, 0.15) is 20.7 Å². The Balaban J connectivity index is 2.21. The van der Waals surface area contributed by atoms with Crippen molar-refractivity contribution in [1.29, 1.82) is 0 Å². The van der Waals surface area contributed by atoms with Crippen molar-refractivity contribution < 1.29 is 14.7 Å². The van der Waals surface area contributed by atoms with Crippen molar-refractivity contribution in [2.24, 2.45) is 0 Å². The van der Waals surface area contributed by atoms with Gasteiger partial charge < -0.3 is 16.2 Å². The highest BCUT2D eigenvalue weighted by molar-refractivity contribution is 6.06. The number of benzene rings is 2. The lowest BCUT2D eigenvalue weighted by molar-refractivity contribution is 0.0697. The first-order chi connectivity index (χ1) is 9.08. The minimum absolute atomic E-state index is 0.0174. The molecular formula is C14H12N2O3. The third-order valence-electron chi connectivity index (χ3n) is 2.58. The quantitative estimate of drug-likeness (QED) is 0.734. The highest BCUT2D eigenvalue weighted by Gasteiger charge is 2.12. The number of anilines is 2. The summed E-state index contributed by atoms with van der Waals surface area (Å²) < 4.78 is 0. The van der Waals surface area contributed by atoms with Crippen LogP contribution in [0, 0.1) is 0 Å². The largest absolute Gasteiger partial charge is 0.478 e. The lowest BCUT2D eigenvalue weighted by Crippen LogP contribution is -2.13. The average molecular weight is 256 g/mol. The van der Waals surface area contributed by atoms with Gasteiger partial charge in [-0.05, 0) is 30.3 Å². The molecule has 96 valence electrons. The van der Waals surface area contributed by atoms with E-state index in [-0.39, 0.29) is 17.2 Å². The van der Waals surface area contributed by atoms with E-state index in [9.17, 15) is 9.59 Å². The number of nitrogens with one attached hydrogen (secondary N) is 1. The Hall–Kier alpha value is -2.82. The summed E-state index contributed by atoms with van der Waals surface area (Å²) in [5.74, 6) is -1.46. The molecule has 0 heterocycles. The number of aromatic carboxylic acids is 1. The molecule has 0 atom stereocenters. The van der Waals surface area contributed by atoms with Crippen LogP contribution in [0.25, 0.3) is 0 Å². The first kappa shape index (κ1) is 12.6. The lowest BCUT2D eigenvalue weighted by atomic mass is 10.1. The molecule has 19 heavy (non-hydrogen) atoms. The maximum atomic E-state index is 11.9. The second kappa shape index (κ2) is 5.22. The molecule has 0 aliphatic carbocycles. The molecule has 0 bridgehead atoms. The Labute approximate surface area is 109 Å². The molecule has 2 aromatic rings. The van der Waals surface area contributed by atoms with Gasteiger partial charge in [-0.25, -0.2) is 4.79 Å². The highest BCUT2D eigenvalue weighted by Crippen LogP contribution is 2.16. The molecule has 5 heteroatoms. The Kier molecular flexibility index (Phi) is 3.47. The number of carboxylic acids is 1. The van der Waals surface area contributed by atoms with Crippen molar-refractivity contribution in [3.05, 3.63) is 59.7 Å². The van der Waals surface area contributed by atoms with Gasteiger partial charge in [0.15, 0.2) is 0 Å². The Bertz CT molecular complexity index is 624. The summed E-state index contributed by atoms with van der Waals surface area (Å²) in [6.07, 6.45) is 0. The van der Waals surface area contributed by atoms with Crippen molar-refractivity contribution in [2.45, 2.75) is 0 Å². The summed E-state index contributed by atoms with van der Waals surface area (Å²) in [7, 11) is 0. The van der Waals surface area contributed by atoms with Crippen molar-refractivity contribution in [1.82, 2.24) is 0 Å². The highest BCUT2D eigenvalue weighted by atomic mass is 16.4. The minimum Gasteiger partial charge on any atom is -0.478 e. The van der Waals surface area contributed by atoms with E-state index in [1.807, 2.05) is 6.07 Å². The number of hydrogen-bond acceptors (Lipinski definition) is 3.